The molecule has 2 aromatic carbocycles. The molecule has 0 radical (unpaired) electrons. The van der Waals surface area contributed by atoms with Crippen LogP contribution in [0.25, 0.3) is 0 Å². The Balaban J connectivity index is 2.11. The first-order valence-electron chi connectivity index (χ1n) is 7.11. The van der Waals surface area contributed by atoms with E-state index in [1.807, 2.05) is 0 Å². The van der Waals surface area contributed by atoms with E-state index in [0.717, 1.165) is 0 Å². The Bertz CT molecular complexity index is 800. The summed E-state index contributed by atoms with van der Waals surface area (Å²) < 4.78 is 0. The van der Waals surface area contributed by atoms with E-state index < -0.39 is 18.5 Å². The topological polar surface area (TPSA) is 107 Å². The molecule has 0 saturated carbocycles. The van der Waals surface area contributed by atoms with Gasteiger partial charge in [0.05, 0.1) is 23.8 Å². The van der Waals surface area contributed by atoms with Gasteiger partial charge in [0.2, 0.25) is 0 Å². The molecule has 0 bridgehead atoms. The summed E-state index contributed by atoms with van der Waals surface area (Å²) in [6, 6.07) is 9.23. The van der Waals surface area contributed by atoms with Gasteiger partial charge >= 0.3 is 0 Å². The van der Waals surface area contributed by atoms with E-state index in [-0.39, 0.29) is 40.3 Å². The molecule has 1 aliphatic carbocycles. The van der Waals surface area contributed by atoms with Gasteiger partial charge in [-0.1, -0.05) is 24.3 Å². The van der Waals surface area contributed by atoms with Crippen molar-refractivity contribution >= 4 is 17.3 Å². The Kier molecular flexibility index (Phi) is 3.85. The number of ketones is 2. The predicted molar refractivity (Wildman–Crippen MR) is 83.0 cm³/mol. The van der Waals surface area contributed by atoms with E-state index in [2.05, 4.69) is 5.32 Å². The van der Waals surface area contributed by atoms with Crippen molar-refractivity contribution in [2.24, 2.45) is 0 Å². The van der Waals surface area contributed by atoms with Crippen LogP contribution in [0.5, 0.6) is 5.75 Å². The lowest BCUT2D eigenvalue weighted by atomic mass is 9.82. The third-order valence-corrected chi connectivity index (χ3v) is 3.79. The van der Waals surface area contributed by atoms with Crippen molar-refractivity contribution in [1.29, 1.82) is 0 Å². The van der Waals surface area contributed by atoms with E-state index in [1.165, 1.54) is 12.1 Å². The largest absolute Gasteiger partial charge is 0.507 e. The van der Waals surface area contributed by atoms with E-state index in [9.17, 15) is 19.8 Å². The number of phenolic OH excluding ortho intramolecular Hbond substituents is 1. The Morgan fingerprint density at radius 2 is 1.57 bits per heavy atom. The maximum Gasteiger partial charge on any atom is 0.198 e. The van der Waals surface area contributed by atoms with Crippen molar-refractivity contribution in [1.82, 2.24) is 0 Å². The van der Waals surface area contributed by atoms with E-state index in [1.54, 1.807) is 24.3 Å². The number of benzene rings is 2. The average Bonchev–Trinajstić information content (AvgIpc) is 2.58. The molecule has 3 rings (SSSR count). The number of carbonyl (C=O) groups excluding carboxylic acids is 2. The Hall–Kier alpha value is -2.70. The molecule has 1 aliphatic rings. The third-order valence-electron chi connectivity index (χ3n) is 3.79. The zero-order valence-corrected chi connectivity index (χ0v) is 12.1. The van der Waals surface area contributed by atoms with Gasteiger partial charge in [-0.15, -0.1) is 0 Å². The standard InChI is InChI=1S/C17H15NO5/c19-8-9(20)7-18-12-5-6-13(21)15-14(12)16(22)10-3-1-2-4-11(10)17(15)23/h1-6,9,18-21H,7-8H2. The lowest BCUT2D eigenvalue weighted by Crippen LogP contribution is -2.26. The lowest BCUT2D eigenvalue weighted by Gasteiger charge is -2.22. The molecule has 4 N–H and O–H groups in total. The van der Waals surface area contributed by atoms with E-state index in [0.29, 0.717) is 5.69 Å². The Labute approximate surface area is 132 Å². The van der Waals surface area contributed by atoms with Gasteiger partial charge in [-0.3, -0.25) is 9.59 Å². The van der Waals surface area contributed by atoms with Crippen LogP contribution in [0.1, 0.15) is 31.8 Å². The Morgan fingerprint density at radius 3 is 2.17 bits per heavy atom. The number of fused-ring (bicyclic) bond motifs is 2. The molecule has 1 atom stereocenters. The number of carbonyl (C=O) groups is 2. The fourth-order valence-corrected chi connectivity index (χ4v) is 2.65. The summed E-state index contributed by atoms with van der Waals surface area (Å²) in [6.07, 6.45) is -0.999. The minimum atomic E-state index is -0.999. The van der Waals surface area contributed by atoms with Crippen LogP contribution in [0.2, 0.25) is 0 Å². The fraction of sp³-hybridized carbons (Fsp3) is 0.176. The molecule has 0 aromatic heterocycles. The highest BCUT2D eigenvalue weighted by molar-refractivity contribution is 6.31. The molecule has 0 saturated heterocycles. The van der Waals surface area contributed by atoms with Crippen LogP contribution >= 0.6 is 0 Å². The number of aromatic hydroxyl groups is 1. The third kappa shape index (κ3) is 2.48. The van der Waals surface area contributed by atoms with Gasteiger partial charge in [0, 0.05) is 23.4 Å². The van der Waals surface area contributed by atoms with Gasteiger partial charge in [-0.2, -0.15) is 0 Å². The average molecular weight is 313 g/mol. The van der Waals surface area contributed by atoms with Crippen molar-refractivity contribution in [3.8, 4) is 5.75 Å². The number of rotatable bonds is 4. The molecule has 2 aromatic rings. The molecule has 0 aliphatic heterocycles. The summed E-state index contributed by atoms with van der Waals surface area (Å²) in [5, 5.41) is 31.2. The molecular formula is C17H15NO5. The first kappa shape index (κ1) is 15.2. The van der Waals surface area contributed by atoms with Crippen molar-refractivity contribution in [3.63, 3.8) is 0 Å². The summed E-state index contributed by atoms with van der Waals surface area (Å²) in [6.45, 7) is -0.417. The maximum absolute atomic E-state index is 12.7. The minimum absolute atomic E-state index is 0.0107. The summed E-state index contributed by atoms with van der Waals surface area (Å²) in [5.74, 6) is -1.05. The minimum Gasteiger partial charge on any atom is -0.507 e. The van der Waals surface area contributed by atoms with Crippen LogP contribution in [0.3, 0.4) is 0 Å². The molecule has 118 valence electrons. The van der Waals surface area contributed by atoms with Gasteiger partial charge in [0.1, 0.15) is 5.75 Å². The molecule has 0 fully saturated rings. The van der Waals surface area contributed by atoms with E-state index in [4.69, 9.17) is 5.11 Å². The summed E-state index contributed by atoms with van der Waals surface area (Å²) in [4.78, 5) is 25.3. The van der Waals surface area contributed by atoms with Crippen molar-refractivity contribution in [2.75, 3.05) is 18.5 Å². The number of hydrogen-bond donors (Lipinski definition) is 4. The van der Waals surface area contributed by atoms with Crippen LogP contribution in [-0.2, 0) is 0 Å². The zero-order valence-electron chi connectivity index (χ0n) is 12.1. The van der Waals surface area contributed by atoms with Crippen LogP contribution < -0.4 is 5.32 Å². The number of aliphatic hydroxyl groups is 2. The number of nitrogens with one attached hydrogen (secondary N) is 1. The SMILES string of the molecule is O=C1c2ccccc2C(=O)c2c(NCC(O)CO)ccc(O)c21. The molecule has 6 heteroatoms. The van der Waals surface area contributed by atoms with Gasteiger partial charge in [-0.25, -0.2) is 0 Å². The number of hydrogen-bond acceptors (Lipinski definition) is 6. The quantitative estimate of drug-likeness (QED) is 0.534. The normalized spacial score (nSPS) is 14.2. The first-order chi connectivity index (χ1) is 11.0. The van der Waals surface area contributed by atoms with Gasteiger partial charge < -0.3 is 20.6 Å². The first-order valence-corrected chi connectivity index (χ1v) is 7.11. The second-order valence-corrected chi connectivity index (χ2v) is 5.30. The highest BCUT2D eigenvalue weighted by Crippen LogP contribution is 2.36. The van der Waals surface area contributed by atoms with Crippen molar-refractivity contribution in [3.05, 3.63) is 58.7 Å². The maximum atomic E-state index is 12.7. The summed E-state index contributed by atoms with van der Waals surface area (Å²) in [7, 11) is 0. The fourth-order valence-electron chi connectivity index (χ4n) is 2.65. The van der Waals surface area contributed by atoms with Gasteiger partial charge in [-0.05, 0) is 12.1 Å². The second-order valence-electron chi connectivity index (χ2n) is 5.30. The number of phenols is 1. The van der Waals surface area contributed by atoms with Crippen LogP contribution in [-0.4, -0.2) is 46.1 Å². The summed E-state index contributed by atoms with van der Waals surface area (Å²) >= 11 is 0. The van der Waals surface area contributed by atoms with Crippen molar-refractivity contribution in [2.45, 2.75) is 6.10 Å². The van der Waals surface area contributed by atoms with Crippen LogP contribution in [0.4, 0.5) is 5.69 Å². The summed E-state index contributed by atoms with van der Waals surface area (Å²) in [5.41, 5.74) is 0.906. The number of anilines is 1. The molecule has 0 heterocycles. The predicted octanol–water partition coefficient (Wildman–Crippen LogP) is 0.933. The number of aliphatic hydroxyl groups excluding tert-OH is 2. The second kappa shape index (κ2) is 5.83. The lowest BCUT2D eigenvalue weighted by molar-refractivity contribution is 0.0976. The molecule has 0 amide bonds. The highest BCUT2D eigenvalue weighted by atomic mass is 16.3. The molecule has 1 unspecified atom stereocenters. The molecule has 23 heavy (non-hydrogen) atoms. The molecular weight excluding hydrogens is 298 g/mol. The van der Waals surface area contributed by atoms with Crippen LogP contribution in [0.15, 0.2) is 36.4 Å². The molecule has 6 nitrogen and oxygen atoms in total. The van der Waals surface area contributed by atoms with Gasteiger partial charge in [0.15, 0.2) is 11.6 Å². The smallest absolute Gasteiger partial charge is 0.198 e. The Morgan fingerprint density at radius 1 is 0.957 bits per heavy atom. The van der Waals surface area contributed by atoms with E-state index >= 15 is 0 Å². The highest BCUT2D eigenvalue weighted by Gasteiger charge is 2.33. The van der Waals surface area contributed by atoms with Gasteiger partial charge in [0.25, 0.3) is 0 Å². The zero-order chi connectivity index (χ0) is 16.6. The van der Waals surface area contributed by atoms with Crippen LogP contribution in [0, 0.1) is 0 Å². The van der Waals surface area contributed by atoms with Crippen molar-refractivity contribution < 1.29 is 24.9 Å². The molecule has 0 spiro atoms. The monoisotopic (exact) mass is 313 g/mol.